The predicted molar refractivity (Wildman–Crippen MR) is 96.4 cm³/mol. The summed E-state index contributed by atoms with van der Waals surface area (Å²) in [6.07, 6.45) is 2.37. The van der Waals surface area contributed by atoms with Crippen LogP contribution < -0.4 is 10.3 Å². The zero-order valence-electron chi connectivity index (χ0n) is 14.9. The molecule has 0 amide bonds. The van der Waals surface area contributed by atoms with E-state index in [-0.39, 0.29) is 41.5 Å². The first kappa shape index (κ1) is 18.6. The lowest BCUT2D eigenvalue weighted by atomic mass is 10.2. The van der Waals surface area contributed by atoms with Gasteiger partial charge < -0.3 is 19.2 Å². The van der Waals surface area contributed by atoms with Crippen molar-refractivity contribution in [2.45, 2.75) is 25.2 Å². The molecule has 1 fully saturated rings. The van der Waals surface area contributed by atoms with Crippen LogP contribution >= 0.6 is 0 Å². The molecule has 1 aliphatic heterocycles. The van der Waals surface area contributed by atoms with Crippen LogP contribution in [0.1, 0.15) is 19.1 Å². The van der Waals surface area contributed by atoms with E-state index in [1.807, 2.05) is 0 Å². The van der Waals surface area contributed by atoms with Gasteiger partial charge in [0.15, 0.2) is 11.2 Å². The monoisotopic (exact) mass is 401 g/mol. The zero-order valence-corrected chi connectivity index (χ0v) is 14.9. The molecule has 0 unspecified atom stereocenters. The Morgan fingerprint density at radius 3 is 2.86 bits per heavy atom. The first-order valence-corrected chi connectivity index (χ1v) is 8.66. The molecule has 150 valence electrons. The summed E-state index contributed by atoms with van der Waals surface area (Å²) in [6, 6.07) is 5.06. The molecule has 1 aromatic carbocycles. The summed E-state index contributed by atoms with van der Waals surface area (Å²) in [4.78, 5) is 44.3. The number of aromatic amines is 1. The van der Waals surface area contributed by atoms with Gasteiger partial charge in [0, 0.05) is 12.1 Å². The largest absolute Gasteiger partial charge is 0.513 e. The molecule has 29 heavy (non-hydrogen) atoms. The van der Waals surface area contributed by atoms with Crippen molar-refractivity contribution < 1.29 is 23.9 Å². The molecule has 1 N–H and O–H groups in total. The lowest BCUT2D eigenvalue weighted by molar-refractivity contribution is -0.384. The molecule has 2 aromatic heterocycles. The maximum absolute atomic E-state index is 11.8. The fourth-order valence-corrected chi connectivity index (χ4v) is 3.01. The lowest BCUT2D eigenvalue weighted by Crippen LogP contribution is -2.21. The van der Waals surface area contributed by atoms with Crippen LogP contribution in [-0.4, -0.2) is 43.3 Å². The van der Waals surface area contributed by atoms with Gasteiger partial charge in [-0.3, -0.25) is 19.5 Å². The van der Waals surface area contributed by atoms with Gasteiger partial charge in [-0.15, -0.1) is 0 Å². The van der Waals surface area contributed by atoms with Gasteiger partial charge in [-0.05, 0) is 25.0 Å². The molecule has 0 radical (unpaired) electrons. The number of nitro groups is 1. The first-order valence-electron chi connectivity index (χ1n) is 8.66. The molecule has 1 saturated heterocycles. The third kappa shape index (κ3) is 3.91. The van der Waals surface area contributed by atoms with Gasteiger partial charge in [0.2, 0.25) is 0 Å². The number of ether oxygens (including phenoxy) is 3. The molecule has 0 saturated carbocycles. The van der Waals surface area contributed by atoms with Crippen molar-refractivity contribution in [3.63, 3.8) is 0 Å². The molecule has 3 aromatic rings. The average molecular weight is 401 g/mol. The van der Waals surface area contributed by atoms with Crippen LogP contribution in [0.2, 0.25) is 0 Å². The number of H-pyrrole nitrogens is 1. The van der Waals surface area contributed by atoms with Crippen LogP contribution in [0.25, 0.3) is 11.2 Å². The number of nitrogens with one attached hydrogen (secondary N) is 1. The highest BCUT2D eigenvalue weighted by atomic mass is 16.7. The van der Waals surface area contributed by atoms with Crippen LogP contribution in [0.5, 0.6) is 5.75 Å². The van der Waals surface area contributed by atoms with E-state index in [0.717, 1.165) is 0 Å². The number of hydrogen-bond acceptors (Lipinski definition) is 9. The van der Waals surface area contributed by atoms with E-state index in [0.29, 0.717) is 18.5 Å². The summed E-state index contributed by atoms with van der Waals surface area (Å²) in [5.74, 6) is 0.131. The number of carbonyl (C=O) groups excluding carboxylic acids is 1. The number of nitrogens with zero attached hydrogens (tertiary/aromatic N) is 4. The topological polar surface area (TPSA) is 151 Å². The van der Waals surface area contributed by atoms with Crippen LogP contribution in [0.15, 0.2) is 41.7 Å². The summed E-state index contributed by atoms with van der Waals surface area (Å²) in [5.41, 5.74) is 0.195. The zero-order chi connectivity index (χ0) is 20.4. The highest BCUT2D eigenvalue weighted by molar-refractivity contribution is 5.68. The van der Waals surface area contributed by atoms with E-state index < -0.39 is 11.1 Å². The van der Waals surface area contributed by atoms with Gasteiger partial charge in [0.25, 0.3) is 11.2 Å². The molecular weight excluding hydrogens is 386 g/mol. The quantitative estimate of drug-likeness (QED) is 0.292. The Balaban J connectivity index is 1.31. The van der Waals surface area contributed by atoms with Crippen molar-refractivity contribution in [3.8, 4) is 5.75 Å². The number of fused-ring (bicyclic) bond motifs is 1. The Kier molecular flexibility index (Phi) is 4.91. The van der Waals surface area contributed by atoms with Gasteiger partial charge in [-0.25, -0.2) is 14.8 Å². The first-order chi connectivity index (χ1) is 14.0. The molecule has 0 aliphatic carbocycles. The molecule has 3 heterocycles. The van der Waals surface area contributed by atoms with Crippen molar-refractivity contribution in [2.24, 2.45) is 0 Å². The maximum Gasteiger partial charge on any atom is 0.513 e. The van der Waals surface area contributed by atoms with Gasteiger partial charge >= 0.3 is 6.16 Å². The van der Waals surface area contributed by atoms with E-state index in [4.69, 9.17) is 14.2 Å². The standard InChI is InChI=1S/C17H15N5O7/c23-16-14-15(18-8-19-16)21(9-20-14)13-6-5-12(28-13)7-27-17(24)29-11-3-1-10(2-4-11)22(25)26/h1-4,8-9,12-13H,5-7H2,(H,18,19,23)/t12-,13+/m0/s1. The van der Waals surface area contributed by atoms with Crippen molar-refractivity contribution in [2.75, 3.05) is 6.61 Å². The number of nitro benzene ring substituents is 1. The Hall–Kier alpha value is -3.80. The molecule has 12 nitrogen and oxygen atoms in total. The normalized spacial score (nSPS) is 18.6. The maximum atomic E-state index is 11.8. The highest BCUT2D eigenvalue weighted by Crippen LogP contribution is 2.30. The molecule has 2 atom stereocenters. The Morgan fingerprint density at radius 1 is 1.31 bits per heavy atom. The van der Waals surface area contributed by atoms with Gasteiger partial charge in [0.05, 0.1) is 23.7 Å². The number of aromatic nitrogens is 4. The number of imidazole rings is 1. The van der Waals surface area contributed by atoms with E-state index >= 15 is 0 Å². The summed E-state index contributed by atoms with van der Waals surface area (Å²) < 4.78 is 17.6. The third-order valence-corrected chi connectivity index (χ3v) is 4.40. The Labute approximate surface area is 162 Å². The second kappa shape index (κ2) is 7.67. The summed E-state index contributed by atoms with van der Waals surface area (Å²) in [5, 5.41) is 10.6. The lowest BCUT2D eigenvalue weighted by Gasteiger charge is -2.15. The minimum Gasteiger partial charge on any atom is -0.431 e. The molecule has 0 bridgehead atoms. The van der Waals surface area contributed by atoms with Gasteiger partial charge in [0.1, 0.15) is 18.6 Å². The molecular formula is C17H15N5O7. The third-order valence-electron chi connectivity index (χ3n) is 4.40. The Morgan fingerprint density at radius 2 is 2.10 bits per heavy atom. The summed E-state index contributed by atoms with van der Waals surface area (Å²) in [7, 11) is 0. The number of hydrogen-bond donors (Lipinski definition) is 1. The molecule has 1 aliphatic rings. The number of non-ortho nitro benzene ring substituents is 1. The van der Waals surface area contributed by atoms with E-state index in [1.54, 1.807) is 4.57 Å². The average Bonchev–Trinajstić information content (AvgIpc) is 3.34. The Bertz CT molecular complexity index is 1110. The number of benzene rings is 1. The van der Waals surface area contributed by atoms with E-state index in [1.165, 1.54) is 36.9 Å². The predicted octanol–water partition coefficient (Wildman–Crippen LogP) is 1.92. The van der Waals surface area contributed by atoms with Crippen LogP contribution in [0, 0.1) is 10.1 Å². The minimum atomic E-state index is -0.938. The molecule has 4 rings (SSSR count). The van der Waals surface area contributed by atoms with Gasteiger partial charge in [-0.2, -0.15) is 0 Å². The SMILES string of the molecule is O=C(OC[C@@H]1CC[C@H](n2cnc3c(=O)[nH]cnc32)O1)Oc1ccc([N+](=O)[O-])cc1. The minimum absolute atomic E-state index is 0.0248. The van der Waals surface area contributed by atoms with Crippen molar-refractivity contribution in [1.82, 2.24) is 19.5 Å². The van der Waals surface area contributed by atoms with Crippen molar-refractivity contribution in [1.29, 1.82) is 0 Å². The van der Waals surface area contributed by atoms with E-state index in [9.17, 15) is 19.7 Å². The van der Waals surface area contributed by atoms with Crippen LogP contribution in [0.3, 0.4) is 0 Å². The highest BCUT2D eigenvalue weighted by Gasteiger charge is 2.29. The molecule has 0 spiro atoms. The fraction of sp³-hybridized carbons (Fsp3) is 0.294. The van der Waals surface area contributed by atoms with Crippen molar-refractivity contribution >= 4 is 23.0 Å². The second-order valence-electron chi connectivity index (χ2n) is 6.26. The van der Waals surface area contributed by atoms with E-state index in [2.05, 4.69) is 15.0 Å². The molecule has 12 heteroatoms. The van der Waals surface area contributed by atoms with Gasteiger partial charge in [-0.1, -0.05) is 0 Å². The smallest absolute Gasteiger partial charge is 0.431 e. The number of rotatable bonds is 5. The van der Waals surface area contributed by atoms with Crippen LogP contribution in [-0.2, 0) is 9.47 Å². The fourth-order valence-electron chi connectivity index (χ4n) is 3.01. The van der Waals surface area contributed by atoms with Crippen molar-refractivity contribution in [3.05, 3.63) is 57.4 Å². The summed E-state index contributed by atoms with van der Waals surface area (Å²) >= 11 is 0. The second-order valence-corrected chi connectivity index (χ2v) is 6.26. The number of carbonyl (C=O) groups is 1. The summed E-state index contributed by atoms with van der Waals surface area (Å²) in [6.45, 7) is -0.0248. The van der Waals surface area contributed by atoms with Crippen LogP contribution in [0.4, 0.5) is 10.5 Å².